The van der Waals surface area contributed by atoms with Crippen molar-refractivity contribution >= 4 is 5.97 Å². The Kier molecular flexibility index (Phi) is 19.0. The van der Waals surface area contributed by atoms with E-state index in [4.69, 9.17) is 14.6 Å². The molecule has 0 aliphatic carbocycles. The number of unbranched alkanes of at least 4 members (excludes halogenated alkanes) is 1. The van der Waals surface area contributed by atoms with Crippen molar-refractivity contribution in [3.63, 3.8) is 0 Å². The number of carbonyl (C=O) groups excluding carboxylic acids is 1. The first-order valence-electron chi connectivity index (χ1n) is 5.69. The number of aliphatic hydroxyl groups is 1. The molecule has 0 amide bonds. The molecule has 0 heterocycles. The summed E-state index contributed by atoms with van der Waals surface area (Å²) in [5, 5.41) is 8.34. The number of aliphatic hydroxyl groups excluding tert-OH is 1. The molecule has 0 aliphatic rings. The first-order valence-corrected chi connectivity index (χ1v) is 5.69. The molecule has 0 saturated carbocycles. The van der Waals surface area contributed by atoms with E-state index >= 15 is 0 Å². The minimum atomic E-state index is -0.394. The summed E-state index contributed by atoms with van der Waals surface area (Å²) >= 11 is 0. The van der Waals surface area contributed by atoms with Gasteiger partial charge in [0.05, 0.1) is 33.5 Å². The van der Waals surface area contributed by atoms with Crippen LogP contribution < -0.4 is 0 Å². The number of hydrogen-bond donors (Lipinski definition) is 1. The van der Waals surface area contributed by atoms with Gasteiger partial charge in [-0.1, -0.05) is 19.9 Å². The van der Waals surface area contributed by atoms with Gasteiger partial charge in [-0.15, -0.1) is 0 Å². The molecule has 5 nitrogen and oxygen atoms in total. The molecule has 17 heavy (non-hydrogen) atoms. The van der Waals surface area contributed by atoms with E-state index in [9.17, 15) is 4.79 Å². The number of hydrogen-bond acceptors (Lipinski definition) is 5. The largest absolute Gasteiger partial charge is 0.466 e. The van der Waals surface area contributed by atoms with Crippen LogP contribution in [0.25, 0.3) is 0 Å². The Morgan fingerprint density at radius 3 is 2.18 bits per heavy atom. The second kappa shape index (κ2) is 17.5. The van der Waals surface area contributed by atoms with E-state index in [-0.39, 0.29) is 6.61 Å². The van der Waals surface area contributed by atoms with Gasteiger partial charge in [0, 0.05) is 12.7 Å². The van der Waals surface area contributed by atoms with Crippen LogP contribution in [-0.2, 0) is 19.0 Å². The van der Waals surface area contributed by atoms with Crippen molar-refractivity contribution in [1.29, 1.82) is 0 Å². The third-order valence-electron chi connectivity index (χ3n) is 1.62. The fourth-order valence-corrected chi connectivity index (χ4v) is 0.716. The monoisotopic (exact) mass is 248 g/mol. The maximum atomic E-state index is 9.84. The summed E-state index contributed by atoms with van der Waals surface area (Å²) in [6, 6.07) is 0. The van der Waals surface area contributed by atoms with Gasteiger partial charge in [-0.05, 0) is 6.42 Å². The Bertz CT molecular complexity index is 162. The molecule has 0 radical (unpaired) electrons. The van der Waals surface area contributed by atoms with Crippen LogP contribution in [0, 0.1) is 0 Å². The highest BCUT2D eigenvalue weighted by Crippen LogP contribution is 1.87. The Labute approximate surface area is 103 Å². The Hall–Kier alpha value is -0.910. The van der Waals surface area contributed by atoms with Crippen LogP contribution in [0.4, 0.5) is 0 Å². The highest BCUT2D eigenvalue weighted by atomic mass is 16.5. The zero-order valence-corrected chi connectivity index (χ0v) is 10.8. The number of esters is 1. The van der Waals surface area contributed by atoms with E-state index in [0.29, 0.717) is 19.8 Å². The molecule has 0 bridgehead atoms. The summed E-state index contributed by atoms with van der Waals surface area (Å²) in [7, 11) is 1.31. The first kappa shape index (κ1) is 18.5. The first-order chi connectivity index (χ1) is 8.22. The Morgan fingerprint density at radius 2 is 1.82 bits per heavy atom. The summed E-state index contributed by atoms with van der Waals surface area (Å²) < 4.78 is 14.3. The quantitative estimate of drug-likeness (QED) is 0.377. The second-order valence-corrected chi connectivity index (χ2v) is 3.03. The summed E-state index contributed by atoms with van der Waals surface area (Å²) in [6.07, 6.45) is 3.39. The normalized spacial score (nSPS) is 9.12. The predicted octanol–water partition coefficient (Wildman–Crippen LogP) is 1.16. The molecule has 0 aliphatic heterocycles. The van der Waals surface area contributed by atoms with E-state index < -0.39 is 5.97 Å². The van der Waals surface area contributed by atoms with E-state index in [0.717, 1.165) is 25.5 Å². The van der Waals surface area contributed by atoms with Gasteiger partial charge in [-0.25, -0.2) is 4.79 Å². The van der Waals surface area contributed by atoms with Gasteiger partial charge in [0.15, 0.2) is 0 Å². The van der Waals surface area contributed by atoms with Crippen LogP contribution >= 0.6 is 0 Å². The molecule has 0 atom stereocenters. The molecule has 0 saturated heterocycles. The van der Waals surface area contributed by atoms with E-state index in [1.165, 1.54) is 7.11 Å². The minimum absolute atomic E-state index is 0.0922. The zero-order valence-electron chi connectivity index (χ0n) is 10.8. The third-order valence-corrected chi connectivity index (χ3v) is 1.62. The molecule has 0 unspecified atom stereocenters. The number of methoxy groups -OCH3 is 1. The molecule has 1 N–H and O–H groups in total. The van der Waals surface area contributed by atoms with Crippen molar-refractivity contribution in [2.24, 2.45) is 0 Å². The minimum Gasteiger partial charge on any atom is -0.466 e. The van der Waals surface area contributed by atoms with Gasteiger partial charge in [-0.3, -0.25) is 0 Å². The van der Waals surface area contributed by atoms with Gasteiger partial charge in [0.25, 0.3) is 0 Å². The van der Waals surface area contributed by atoms with Crippen molar-refractivity contribution in [3.8, 4) is 0 Å². The van der Waals surface area contributed by atoms with Gasteiger partial charge < -0.3 is 19.3 Å². The summed E-state index contributed by atoms with van der Waals surface area (Å²) in [5.41, 5.74) is 0. The lowest BCUT2D eigenvalue weighted by Crippen LogP contribution is -2.07. The van der Waals surface area contributed by atoms with Crippen molar-refractivity contribution in [2.45, 2.75) is 19.8 Å². The maximum absolute atomic E-state index is 9.84. The summed E-state index contributed by atoms with van der Waals surface area (Å²) in [5.74, 6) is -0.394. The lowest BCUT2D eigenvalue weighted by Gasteiger charge is -2.02. The smallest absolute Gasteiger partial charge is 0.329 e. The maximum Gasteiger partial charge on any atom is 0.329 e. The van der Waals surface area contributed by atoms with Crippen LogP contribution in [0.15, 0.2) is 12.7 Å². The van der Waals surface area contributed by atoms with Crippen molar-refractivity contribution in [2.75, 3.05) is 40.1 Å². The number of ether oxygens (including phenoxy) is 3. The average molecular weight is 248 g/mol. The van der Waals surface area contributed by atoms with Crippen LogP contribution in [-0.4, -0.2) is 51.2 Å². The van der Waals surface area contributed by atoms with Gasteiger partial charge in [0.2, 0.25) is 0 Å². The Balaban J connectivity index is 0. The van der Waals surface area contributed by atoms with Crippen LogP contribution in [0.3, 0.4) is 0 Å². The lowest BCUT2D eigenvalue weighted by atomic mass is 10.4. The van der Waals surface area contributed by atoms with E-state index in [1.54, 1.807) is 0 Å². The summed E-state index contributed by atoms with van der Waals surface area (Å²) in [6.45, 7) is 7.84. The molecule has 5 heteroatoms. The average Bonchev–Trinajstić information content (AvgIpc) is 2.37. The molecule has 0 aromatic rings. The van der Waals surface area contributed by atoms with Gasteiger partial charge in [-0.2, -0.15) is 0 Å². The van der Waals surface area contributed by atoms with E-state index in [2.05, 4.69) is 18.2 Å². The van der Waals surface area contributed by atoms with Gasteiger partial charge >= 0.3 is 5.97 Å². The lowest BCUT2D eigenvalue weighted by molar-refractivity contribution is -0.134. The van der Waals surface area contributed by atoms with Crippen LogP contribution in [0.1, 0.15) is 19.8 Å². The molecule has 0 fully saturated rings. The molecule has 102 valence electrons. The van der Waals surface area contributed by atoms with Crippen LogP contribution in [0.2, 0.25) is 0 Å². The topological polar surface area (TPSA) is 65.0 Å². The fourth-order valence-electron chi connectivity index (χ4n) is 0.716. The molecule has 0 rings (SSSR count). The molecule has 0 aromatic carbocycles. The Morgan fingerprint density at radius 1 is 1.24 bits per heavy atom. The predicted molar refractivity (Wildman–Crippen MR) is 65.8 cm³/mol. The molecular weight excluding hydrogens is 224 g/mol. The second-order valence-electron chi connectivity index (χ2n) is 3.03. The highest BCUT2D eigenvalue weighted by Gasteiger charge is 1.87. The number of carbonyl (C=O) groups is 1. The highest BCUT2D eigenvalue weighted by molar-refractivity contribution is 5.80. The number of rotatable bonds is 9. The zero-order chi connectivity index (χ0) is 13.4. The fraction of sp³-hybridized carbons (Fsp3) is 0.750. The van der Waals surface area contributed by atoms with E-state index in [1.807, 2.05) is 0 Å². The SMILES string of the molecule is C=CC(=O)OC.CCCCOCCOCCO. The van der Waals surface area contributed by atoms with Crippen LogP contribution in [0.5, 0.6) is 0 Å². The third kappa shape index (κ3) is 21.0. The molecule has 0 aromatic heterocycles. The van der Waals surface area contributed by atoms with Gasteiger partial charge in [0.1, 0.15) is 0 Å². The van der Waals surface area contributed by atoms with Crippen molar-refractivity contribution in [3.05, 3.63) is 12.7 Å². The van der Waals surface area contributed by atoms with Crippen molar-refractivity contribution < 1.29 is 24.1 Å². The molecular formula is C12H24O5. The van der Waals surface area contributed by atoms with Crippen molar-refractivity contribution in [1.82, 2.24) is 0 Å². The standard InChI is InChI=1S/C8H18O3.C4H6O2/c1-2-3-5-10-7-8-11-6-4-9;1-3-4(5)6-2/h9H,2-8H2,1H3;3H,1H2,2H3. The summed E-state index contributed by atoms with van der Waals surface area (Å²) in [4.78, 5) is 9.84. The molecule has 0 spiro atoms.